The number of hydrogen-bond donors (Lipinski definition) is 2. The van der Waals surface area contributed by atoms with Crippen molar-refractivity contribution in [2.75, 3.05) is 20.2 Å². The highest BCUT2D eigenvalue weighted by molar-refractivity contribution is 5.82. The van der Waals surface area contributed by atoms with Crippen molar-refractivity contribution < 1.29 is 14.1 Å². The number of hydrogen-bond acceptors (Lipinski definition) is 6. The Morgan fingerprint density at radius 1 is 1.47 bits per heavy atom. The van der Waals surface area contributed by atoms with Gasteiger partial charge in [-0.1, -0.05) is 5.16 Å². The molecule has 2 N–H and O–H groups in total. The number of nitrogens with zero attached hydrogens (tertiary/aromatic N) is 2. The van der Waals surface area contributed by atoms with Gasteiger partial charge in [0.15, 0.2) is 0 Å². The van der Waals surface area contributed by atoms with Crippen molar-refractivity contribution in [1.82, 2.24) is 20.8 Å². The third kappa shape index (κ3) is 2.76. The molecule has 0 bridgehead atoms. The lowest BCUT2D eigenvalue weighted by Crippen LogP contribution is -2.53. The number of piperazine rings is 1. The van der Waals surface area contributed by atoms with Gasteiger partial charge in [0.2, 0.25) is 17.6 Å². The quantitative estimate of drug-likeness (QED) is 0.767. The van der Waals surface area contributed by atoms with Gasteiger partial charge in [0.05, 0.1) is 12.5 Å². The molecule has 0 aromatic carbocycles. The van der Waals surface area contributed by atoms with Gasteiger partial charge in [-0.15, -0.1) is 0 Å². The zero-order valence-electron chi connectivity index (χ0n) is 10.9. The van der Waals surface area contributed by atoms with E-state index < -0.39 is 0 Å². The van der Waals surface area contributed by atoms with Gasteiger partial charge in [0.25, 0.3) is 0 Å². The van der Waals surface area contributed by atoms with E-state index in [1.165, 1.54) is 0 Å². The van der Waals surface area contributed by atoms with Crippen molar-refractivity contribution in [3.8, 4) is 0 Å². The fraction of sp³-hybridized carbons (Fsp3) is 0.750. The Morgan fingerprint density at radius 3 is 3.00 bits per heavy atom. The molecule has 7 heteroatoms. The number of carbonyl (C=O) groups excluding carboxylic acids is 1. The maximum atomic E-state index is 11.6. The van der Waals surface area contributed by atoms with E-state index in [9.17, 15) is 4.79 Å². The standard InChI is InChI=1S/C12H18N4O3/c1-18-10(7-2-3-7)11-15-9(19-16-11)6-8-12(17)14-5-4-13-8/h7-8,10,13H,2-6H2,1H3,(H,14,17). The first-order chi connectivity index (χ1) is 9.28. The van der Waals surface area contributed by atoms with Gasteiger partial charge in [-0.2, -0.15) is 4.98 Å². The first kappa shape index (κ1) is 12.6. The fourth-order valence-electron chi connectivity index (χ4n) is 2.36. The van der Waals surface area contributed by atoms with E-state index in [0.717, 1.165) is 19.4 Å². The van der Waals surface area contributed by atoms with Crippen LogP contribution in [0.15, 0.2) is 4.52 Å². The van der Waals surface area contributed by atoms with Gasteiger partial charge in [-0.25, -0.2) is 0 Å². The summed E-state index contributed by atoms with van der Waals surface area (Å²) in [5, 5.41) is 9.91. The minimum atomic E-state index is -0.288. The molecule has 0 spiro atoms. The zero-order chi connectivity index (χ0) is 13.2. The molecule has 2 aliphatic rings. The molecule has 1 aromatic heterocycles. The molecular formula is C12H18N4O3. The van der Waals surface area contributed by atoms with E-state index in [1.807, 2.05) is 0 Å². The molecule has 1 aliphatic carbocycles. The van der Waals surface area contributed by atoms with Crippen LogP contribution in [0.4, 0.5) is 0 Å². The van der Waals surface area contributed by atoms with Crippen LogP contribution in [0.2, 0.25) is 0 Å². The lowest BCUT2D eigenvalue weighted by molar-refractivity contribution is -0.124. The van der Waals surface area contributed by atoms with E-state index in [-0.39, 0.29) is 18.1 Å². The zero-order valence-corrected chi connectivity index (χ0v) is 10.9. The molecule has 0 radical (unpaired) electrons. The minimum absolute atomic E-state index is 0.0171. The average Bonchev–Trinajstić information content (AvgIpc) is 3.14. The molecule has 2 unspecified atom stereocenters. The molecule has 1 saturated carbocycles. The molecule has 7 nitrogen and oxygen atoms in total. The maximum absolute atomic E-state index is 11.6. The molecule has 1 amide bonds. The van der Waals surface area contributed by atoms with Gasteiger partial charge in [-0.05, 0) is 18.8 Å². The van der Waals surface area contributed by atoms with Crippen LogP contribution >= 0.6 is 0 Å². The topological polar surface area (TPSA) is 89.3 Å². The molecular weight excluding hydrogens is 248 g/mol. The lowest BCUT2D eigenvalue weighted by Gasteiger charge is -2.21. The van der Waals surface area contributed by atoms with E-state index in [1.54, 1.807) is 7.11 Å². The number of rotatable bonds is 5. The Morgan fingerprint density at radius 2 is 2.32 bits per heavy atom. The summed E-state index contributed by atoms with van der Waals surface area (Å²) in [6.45, 7) is 1.43. The summed E-state index contributed by atoms with van der Waals surface area (Å²) in [6, 6.07) is -0.288. The highest BCUT2D eigenvalue weighted by Crippen LogP contribution is 2.41. The smallest absolute Gasteiger partial charge is 0.237 e. The SMILES string of the molecule is COC(c1noc(CC2NCCNC2=O)n1)C1CC1. The number of nitrogens with one attached hydrogen (secondary N) is 2. The normalized spacial score (nSPS) is 25.1. The van der Waals surface area contributed by atoms with Gasteiger partial charge in [-0.3, -0.25) is 4.79 Å². The molecule has 104 valence electrons. The van der Waals surface area contributed by atoms with Crippen molar-refractivity contribution in [3.63, 3.8) is 0 Å². The first-order valence-electron chi connectivity index (χ1n) is 6.64. The summed E-state index contributed by atoms with van der Waals surface area (Å²) in [5.41, 5.74) is 0. The van der Waals surface area contributed by atoms with Crippen molar-refractivity contribution in [2.24, 2.45) is 5.92 Å². The van der Waals surface area contributed by atoms with E-state index in [2.05, 4.69) is 20.8 Å². The summed E-state index contributed by atoms with van der Waals surface area (Å²) < 4.78 is 10.6. The van der Waals surface area contributed by atoms with Crippen LogP contribution in [-0.2, 0) is 16.0 Å². The van der Waals surface area contributed by atoms with Crippen molar-refractivity contribution >= 4 is 5.91 Å². The maximum Gasteiger partial charge on any atom is 0.237 e. The Kier molecular flexibility index (Phi) is 3.48. The molecule has 2 heterocycles. The number of carbonyl (C=O) groups is 1. The molecule has 2 atom stereocenters. The number of ether oxygens (including phenoxy) is 1. The summed E-state index contributed by atoms with van der Waals surface area (Å²) in [6.07, 6.45) is 2.63. The van der Waals surface area contributed by atoms with Gasteiger partial charge < -0.3 is 19.9 Å². The van der Waals surface area contributed by atoms with Crippen molar-refractivity contribution in [3.05, 3.63) is 11.7 Å². The van der Waals surface area contributed by atoms with Crippen LogP contribution in [0, 0.1) is 5.92 Å². The third-order valence-corrected chi connectivity index (χ3v) is 3.55. The van der Waals surface area contributed by atoms with Gasteiger partial charge in [0, 0.05) is 20.2 Å². The molecule has 1 aromatic rings. The van der Waals surface area contributed by atoms with Gasteiger partial charge >= 0.3 is 0 Å². The Bertz CT molecular complexity index is 458. The molecule has 19 heavy (non-hydrogen) atoms. The summed E-state index contributed by atoms with van der Waals surface area (Å²) >= 11 is 0. The second-order valence-electron chi connectivity index (χ2n) is 5.04. The van der Waals surface area contributed by atoms with Gasteiger partial charge in [0.1, 0.15) is 6.10 Å². The van der Waals surface area contributed by atoms with Crippen LogP contribution in [0.3, 0.4) is 0 Å². The Hall–Kier alpha value is -1.47. The summed E-state index contributed by atoms with van der Waals surface area (Å²) in [7, 11) is 1.66. The number of methoxy groups -OCH3 is 1. The molecule has 3 rings (SSSR count). The van der Waals surface area contributed by atoms with Crippen LogP contribution in [0.25, 0.3) is 0 Å². The largest absolute Gasteiger partial charge is 0.373 e. The van der Waals surface area contributed by atoms with Crippen LogP contribution in [0.5, 0.6) is 0 Å². The second kappa shape index (κ2) is 5.26. The molecule has 1 saturated heterocycles. The highest BCUT2D eigenvalue weighted by Gasteiger charge is 2.36. The predicted octanol–water partition coefficient (Wildman–Crippen LogP) is -0.202. The third-order valence-electron chi connectivity index (χ3n) is 3.55. The number of aromatic nitrogens is 2. The van der Waals surface area contributed by atoms with E-state index in [0.29, 0.717) is 30.6 Å². The fourth-order valence-corrected chi connectivity index (χ4v) is 2.36. The molecule has 2 fully saturated rings. The summed E-state index contributed by atoms with van der Waals surface area (Å²) in [5.74, 6) is 1.56. The van der Waals surface area contributed by atoms with Crippen LogP contribution in [0.1, 0.15) is 30.7 Å². The number of amides is 1. The predicted molar refractivity (Wildman–Crippen MR) is 65.3 cm³/mol. The van der Waals surface area contributed by atoms with Crippen molar-refractivity contribution in [2.45, 2.75) is 31.4 Å². The monoisotopic (exact) mass is 266 g/mol. The second-order valence-corrected chi connectivity index (χ2v) is 5.04. The van der Waals surface area contributed by atoms with E-state index >= 15 is 0 Å². The van der Waals surface area contributed by atoms with Crippen molar-refractivity contribution in [1.29, 1.82) is 0 Å². The highest BCUT2D eigenvalue weighted by atomic mass is 16.5. The Labute approximate surface area is 111 Å². The van der Waals surface area contributed by atoms with Crippen LogP contribution in [-0.4, -0.2) is 42.3 Å². The van der Waals surface area contributed by atoms with E-state index in [4.69, 9.17) is 9.26 Å². The summed E-state index contributed by atoms with van der Waals surface area (Å²) in [4.78, 5) is 16.0. The van der Waals surface area contributed by atoms with Crippen LogP contribution < -0.4 is 10.6 Å². The first-order valence-corrected chi connectivity index (χ1v) is 6.64. The average molecular weight is 266 g/mol. The lowest BCUT2D eigenvalue weighted by atomic mass is 10.1. The minimum Gasteiger partial charge on any atom is -0.373 e. The Balaban J connectivity index is 1.65. The molecule has 1 aliphatic heterocycles.